The van der Waals surface area contributed by atoms with Gasteiger partial charge in [-0.05, 0) is 27.7 Å². The molecule has 0 aliphatic carbocycles. The summed E-state index contributed by atoms with van der Waals surface area (Å²) in [7, 11) is -2.92. The molecule has 16 heavy (non-hydrogen) atoms. The van der Waals surface area contributed by atoms with Crippen LogP contribution in [0.2, 0.25) is 0 Å². The molecule has 0 saturated carbocycles. The molecule has 0 aliphatic heterocycles. The highest BCUT2D eigenvalue weighted by molar-refractivity contribution is 6.62. The van der Waals surface area contributed by atoms with Crippen LogP contribution >= 0.6 is 0 Å². The Morgan fingerprint density at radius 1 is 0.875 bits per heavy atom. The molecule has 6 heteroatoms. The monoisotopic (exact) mass is 252 g/mol. The van der Waals surface area contributed by atoms with E-state index in [-0.39, 0.29) is 6.61 Å². The maximum atomic E-state index is 9.34. The van der Waals surface area contributed by atoms with Crippen LogP contribution in [-0.2, 0) is 18.0 Å². The molecule has 0 spiro atoms. The lowest BCUT2D eigenvalue weighted by atomic mass is 10.7. The zero-order valence-corrected chi connectivity index (χ0v) is 11.7. The van der Waals surface area contributed by atoms with Crippen LogP contribution in [-0.4, -0.2) is 52.7 Å². The van der Waals surface area contributed by atoms with Crippen molar-refractivity contribution in [3.8, 4) is 0 Å². The van der Waals surface area contributed by atoms with Crippen LogP contribution in [0.4, 0.5) is 0 Å². The highest BCUT2D eigenvalue weighted by Gasteiger charge is 2.50. The van der Waals surface area contributed by atoms with Gasteiger partial charge in [0.05, 0.1) is 6.61 Å². The number of ether oxygens (including phenoxy) is 1. The van der Waals surface area contributed by atoms with Gasteiger partial charge in [-0.1, -0.05) is 0 Å². The Morgan fingerprint density at radius 2 is 1.31 bits per heavy atom. The molecule has 0 saturated heterocycles. The summed E-state index contributed by atoms with van der Waals surface area (Å²) in [6.45, 7) is 9.28. The van der Waals surface area contributed by atoms with Crippen molar-refractivity contribution in [1.29, 1.82) is 0 Å². The molecule has 0 aliphatic rings. The molecule has 0 fully saturated rings. The van der Waals surface area contributed by atoms with E-state index in [4.69, 9.17) is 18.0 Å². The second-order valence-electron chi connectivity index (χ2n) is 3.03. The van der Waals surface area contributed by atoms with E-state index in [1.54, 1.807) is 0 Å². The van der Waals surface area contributed by atoms with Crippen molar-refractivity contribution < 1.29 is 23.1 Å². The van der Waals surface area contributed by atoms with Crippen molar-refractivity contribution in [2.24, 2.45) is 0 Å². The van der Waals surface area contributed by atoms with Crippen molar-refractivity contribution in [2.75, 3.05) is 33.0 Å². The zero-order valence-electron chi connectivity index (χ0n) is 10.7. The minimum atomic E-state index is -2.92. The first-order chi connectivity index (χ1) is 7.70. The van der Waals surface area contributed by atoms with E-state index in [1.165, 1.54) is 0 Å². The minimum Gasteiger partial charge on any atom is -0.394 e. The molecule has 0 aromatic carbocycles. The summed E-state index contributed by atoms with van der Waals surface area (Å²) in [5.74, 6) is 0. The smallest absolute Gasteiger partial charge is 0.394 e. The molecule has 0 rings (SSSR count). The molecule has 0 aromatic rings. The molecule has 1 N–H and O–H groups in total. The first-order valence-corrected chi connectivity index (χ1v) is 7.65. The fraction of sp³-hybridized carbons (Fsp3) is 1.00. The van der Waals surface area contributed by atoms with E-state index in [0.29, 0.717) is 26.4 Å². The fourth-order valence-corrected chi connectivity index (χ4v) is 4.08. The molecule has 5 nitrogen and oxygen atoms in total. The van der Waals surface area contributed by atoms with Gasteiger partial charge in [0.1, 0.15) is 0 Å². The number of rotatable bonds is 10. The van der Waals surface area contributed by atoms with Gasteiger partial charge in [0, 0.05) is 26.4 Å². The lowest BCUT2D eigenvalue weighted by Gasteiger charge is -2.33. The van der Waals surface area contributed by atoms with Gasteiger partial charge < -0.3 is 23.1 Å². The maximum Gasteiger partial charge on any atom is 0.533 e. The second-order valence-corrected chi connectivity index (χ2v) is 5.75. The summed E-state index contributed by atoms with van der Waals surface area (Å²) in [5, 5.41) is 9.34. The SMILES string of the molecule is CCOC(CO)[Si](OCC)(OCC)OCC. The normalized spacial score (nSPS) is 14.1. The molecule has 1 atom stereocenters. The molecule has 0 amide bonds. The lowest BCUT2D eigenvalue weighted by molar-refractivity contribution is -0.0257. The zero-order chi connectivity index (χ0) is 12.4. The summed E-state index contributed by atoms with van der Waals surface area (Å²) in [6.07, 6.45) is 0. The first kappa shape index (κ1) is 16.0. The van der Waals surface area contributed by atoms with Crippen LogP contribution in [0.15, 0.2) is 0 Å². The Labute approximate surface area is 99.0 Å². The summed E-state index contributed by atoms with van der Waals surface area (Å²) in [5.41, 5.74) is -0.502. The highest BCUT2D eigenvalue weighted by atomic mass is 28.4. The number of aliphatic hydroxyl groups excluding tert-OH is 1. The van der Waals surface area contributed by atoms with Crippen LogP contribution < -0.4 is 0 Å². The van der Waals surface area contributed by atoms with Gasteiger partial charge in [0.25, 0.3) is 0 Å². The van der Waals surface area contributed by atoms with E-state index >= 15 is 0 Å². The summed E-state index contributed by atoms with van der Waals surface area (Å²) < 4.78 is 22.3. The Morgan fingerprint density at radius 3 is 1.56 bits per heavy atom. The molecular weight excluding hydrogens is 228 g/mol. The average Bonchev–Trinajstić information content (AvgIpc) is 2.26. The van der Waals surface area contributed by atoms with Gasteiger partial charge in [0.2, 0.25) is 0 Å². The number of aliphatic hydroxyl groups is 1. The van der Waals surface area contributed by atoms with Crippen LogP contribution in [0.5, 0.6) is 0 Å². The standard InChI is InChI=1S/C10H24O5Si/c1-5-12-10(9-11)16(13-6-2,14-7-3)15-8-4/h10-11H,5-9H2,1-4H3. The topological polar surface area (TPSA) is 57.2 Å². The van der Waals surface area contributed by atoms with Crippen LogP contribution in [0.1, 0.15) is 27.7 Å². The van der Waals surface area contributed by atoms with E-state index in [2.05, 4.69) is 0 Å². The van der Waals surface area contributed by atoms with E-state index < -0.39 is 14.5 Å². The number of hydrogen-bond donors (Lipinski definition) is 1. The molecular formula is C10H24O5Si. The van der Waals surface area contributed by atoms with Crippen molar-refractivity contribution in [1.82, 2.24) is 0 Å². The Kier molecular flexibility index (Phi) is 9.10. The van der Waals surface area contributed by atoms with Crippen LogP contribution in [0.25, 0.3) is 0 Å². The fourth-order valence-electron chi connectivity index (χ4n) is 1.48. The summed E-state index contributed by atoms with van der Waals surface area (Å²) >= 11 is 0. The van der Waals surface area contributed by atoms with E-state index in [1.807, 2.05) is 27.7 Å². The van der Waals surface area contributed by atoms with Gasteiger partial charge in [-0.25, -0.2) is 0 Å². The number of hydrogen-bond acceptors (Lipinski definition) is 5. The van der Waals surface area contributed by atoms with Gasteiger partial charge in [0.15, 0.2) is 5.73 Å². The third kappa shape index (κ3) is 4.48. The molecule has 0 aromatic heterocycles. The summed E-state index contributed by atoms with van der Waals surface area (Å²) in [4.78, 5) is 0. The molecule has 0 bridgehead atoms. The van der Waals surface area contributed by atoms with Crippen molar-refractivity contribution in [3.05, 3.63) is 0 Å². The Balaban J connectivity index is 4.78. The Hall–Kier alpha value is 0.0169. The minimum absolute atomic E-state index is 0.153. The van der Waals surface area contributed by atoms with Gasteiger partial charge >= 0.3 is 8.80 Å². The predicted molar refractivity (Wildman–Crippen MR) is 63.1 cm³/mol. The lowest BCUT2D eigenvalue weighted by Crippen LogP contribution is -2.59. The van der Waals surface area contributed by atoms with Gasteiger partial charge in [-0.2, -0.15) is 0 Å². The van der Waals surface area contributed by atoms with Crippen molar-refractivity contribution in [3.63, 3.8) is 0 Å². The highest BCUT2D eigenvalue weighted by Crippen LogP contribution is 2.17. The van der Waals surface area contributed by atoms with Crippen molar-refractivity contribution >= 4 is 8.80 Å². The van der Waals surface area contributed by atoms with Crippen LogP contribution in [0, 0.1) is 0 Å². The molecule has 1 unspecified atom stereocenters. The van der Waals surface area contributed by atoms with E-state index in [9.17, 15) is 5.11 Å². The first-order valence-electron chi connectivity index (χ1n) is 5.84. The quantitative estimate of drug-likeness (QED) is 0.587. The molecule has 98 valence electrons. The second kappa shape index (κ2) is 9.09. The predicted octanol–water partition coefficient (Wildman–Crippen LogP) is 0.971. The maximum absolute atomic E-state index is 9.34. The summed E-state index contributed by atoms with van der Waals surface area (Å²) in [6, 6.07) is 0. The largest absolute Gasteiger partial charge is 0.533 e. The van der Waals surface area contributed by atoms with E-state index in [0.717, 1.165) is 0 Å². The average molecular weight is 252 g/mol. The van der Waals surface area contributed by atoms with Gasteiger partial charge in [-0.3, -0.25) is 0 Å². The van der Waals surface area contributed by atoms with Crippen LogP contribution in [0.3, 0.4) is 0 Å². The molecule has 0 radical (unpaired) electrons. The molecule has 0 heterocycles. The van der Waals surface area contributed by atoms with Gasteiger partial charge in [-0.15, -0.1) is 0 Å². The third-order valence-electron chi connectivity index (χ3n) is 1.96. The van der Waals surface area contributed by atoms with Crippen molar-refractivity contribution in [2.45, 2.75) is 33.4 Å². The Bertz CT molecular complexity index is 150. The third-order valence-corrected chi connectivity index (χ3v) is 5.18.